The fourth-order valence-electron chi connectivity index (χ4n) is 3.12. The number of amides is 4. The maximum atomic E-state index is 12.4. The van der Waals surface area contributed by atoms with E-state index in [0.29, 0.717) is 23.0 Å². The molecule has 3 aliphatic heterocycles. The SMILES string of the molecule is O=C1N(Cc2ccc3c(c2)OCO3)C(=O)N1Cc1ccc2c(c1)OCO2. The first-order valence-corrected chi connectivity index (χ1v) is 8.09. The summed E-state index contributed by atoms with van der Waals surface area (Å²) in [5.41, 5.74) is 1.61. The van der Waals surface area contributed by atoms with Gasteiger partial charge in [-0.2, -0.15) is 0 Å². The van der Waals surface area contributed by atoms with Crippen LogP contribution in [0, 0.1) is 0 Å². The van der Waals surface area contributed by atoms with E-state index in [1.165, 1.54) is 9.80 Å². The summed E-state index contributed by atoms with van der Waals surface area (Å²) < 4.78 is 21.2. The van der Waals surface area contributed by atoms with Crippen LogP contribution in [0.15, 0.2) is 36.4 Å². The summed E-state index contributed by atoms with van der Waals surface area (Å²) in [6.45, 7) is 0.769. The van der Waals surface area contributed by atoms with Gasteiger partial charge in [-0.15, -0.1) is 0 Å². The molecule has 3 aliphatic rings. The number of ether oxygens (including phenoxy) is 4. The Balaban J connectivity index is 1.26. The van der Waals surface area contributed by atoms with Gasteiger partial charge in [-0.25, -0.2) is 19.4 Å². The van der Waals surface area contributed by atoms with Crippen LogP contribution in [-0.4, -0.2) is 35.4 Å². The van der Waals surface area contributed by atoms with Crippen LogP contribution >= 0.6 is 0 Å². The number of carbonyl (C=O) groups is 2. The van der Waals surface area contributed by atoms with E-state index in [1.807, 2.05) is 12.1 Å². The van der Waals surface area contributed by atoms with Crippen LogP contribution in [0.2, 0.25) is 0 Å². The average Bonchev–Trinajstić information content (AvgIpc) is 3.31. The molecule has 0 spiro atoms. The van der Waals surface area contributed by atoms with E-state index in [4.69, 9.17) is 18.9 Å². The number of fused-ring (bicyclic) bond motifs is 2. The third-order valence-electron chi connectivity index (χ3n) is 4.48. The molecule has 0 aliphatic carbocycles. The van der Waals surface area contributed by atoms with Gasteiger partial charge in [0.05, 0.1) is 13.1 Å². The number of hydrogen-bond acceptors (Lipinski definition) is 6. The lowest BCUT2D eigenvalue weighted by molar-refractivity contribution is 0.0995. The number of imide groups is 2. The second-order valence-electron chi connectivity index (χ2n) is 6.11. The first-order chi connectivity index (χ1) is 12.7. The van der Waals surface area contributed by atoms with Gasteiger partial charge in [-0.3, -0.25) is 0 Å². The third kappa shape index (κ3) is 2.30. The molecule has 0 bridgehead atoms. The number of carbonyl (C=O) groups excluding carboxylic acids is 2. The summed E-state index contributed by atoms with van der Waals surface area (Å²) in [4.78, 5) is 27.1. The maximum Gasteiger partial charge on any atom is 0.336 e. The summed E-state index contributed by atoms with van der Waals surface area (Å²) in [6.07, 6.45) is 0. The molecule has 0 N–H and O–H groups in total. The van der Waals surface area contributed by atoms with Crippen LogP contribution in [0.4, 0.5) is 9.59 Å². The van der Waals surface area contributed by atoms with Gasteiger partial charge in [0.15, 0.2) is 23.0 Å². The predicted octanol–water partition coefficient (Wildman–Crippen LogP) is 2.70. The second kappa shape index (κ2) is 5.55. The second-order valence-corrected chi connectivity index (χ2v) is 6.11. The lowest BCUT2D eigenvalue weighted by Gasteiger charge is -2.39. The highest BCUT2D eigenvalue weighted by molar-refractivity contribution is 6.11. The van der Waals surface area contributed by atoms with E-state index in [1.54, 1.807) is 24.3 Å². The van der Waals surface area contributed by atoms with Crippen molar-refractivity contribution in [1.82, 2.24) is 9.80 Å². The number of rotatable bonds is 4. The average molecular weight is 354 g/mol. The van der Waals surface area contributed by atoms with Crippen LogP contribution < -0.4 is 18.9 Å². The van der Waals surface area contributed by atoms with E-state index >= 15 is 0 Å². The van der Waals surface area contributed by atoms with Gasteiger partial charge in [0.2, 0.25) is 13.6 Å². The molecule has 26 heavy (non-hydrogen) atoms. The summed E-state index contributed by atoms with van der Waals surface area (Å²) in [7, 11) is 0. The maximum absolute atomic E-state index is 12.4. The molecule has 2 aromatic carbocycles. The number of hydrogen-bond donors (Lipinski definition) is 0. The lowest BCUT2D eigenvalue weighted by atomic mass is 10.1. The topological polar surface area (TPSA) is 77.5 Å². The van der Waals surface area contributed by atoms with Crippen molar-refractivity contribution >= 4 is 12.1 Å². The quantitative estimate of drug-likeness (QED) is 0.840. The fourth-order valence-corrected chi connectivity index (χ4v) is 3.12. The van der Waals surface area contributed by atoms with E-state index < -0.39 is 0 Å². The number of nitrogens with zero attached hydrogens (tertiary/aromatic N) is 2. The predicted molar refractivity (Wildman–Crippen MR) is 87.0 cm³/mol. The third-order valence-corrected chi connectivity index (χ3v) is 4.48. The van der Waals surface area contributed by atoms with Gasteiger partial charge in [0, 0.05) is 0 Å². The molecule has 0 radical (unpaired) electrons. The van der Waals surface area contributed by atoms with Crippen molar-refractivity contribution in [3.63, 3.8) is 0 Å². The molecule has 8 heteroatoms. The minimum absolute atomic E-state index is 0.184. The molecule has 132 valence electrons. The summed E-state index contributed by atoms with van der Waals surface area (Å²) in [5, 5.41) is 0. The van der Waals surface area contributed by atoms with Crippen LogP contribution in [0.3, 0.4) is 0 Å². The zero-order valence-electron chi connectivity index (χ0n) is 13.6. The highest BCUT2D eigenvalue weighted by atomic mass is 16.7. The van der Waals surface area contributed by atoms with Gasteiger partial charge >= 0.3 is 12.1 Å². The molecule has 5 rings (SSSR count). The Labute approximate surface area is 148 Å². The molecule has 2 aromatic rings. The first kappa shape index (κ1) is 14.9. The summed E-state index contributed by atoms with van der Waals surface area (Å²) >= 11 is 0. The Bertz CT molecular complexity index is 840. The molecule has 0 saturated carbocycles. The summed E-state index contributed by atoms with van der Waals surface area (Å²) in [5.74, 6) is 2.58. The smallest absolute Gasteiger partial charge is 0.336 e. The Morgan fingerprint density at radius 1 is 0.654 bits per heavy atom. The van der Waals surface area contributed by atoms with E-state index in [2.05, 4.69) is 0 Å². The number of urea groups is 2. The largest absolute Gasteiger partial charge is 0.454 e. The number of benzene rings is 2. The Hall–Kier alpha value is -3.42. The van der Waals surface area contributed by atoms with Crippen molar-refractivity contribution in [3.05, 3.63) is 47.5 Å². The Morgan fingerprint density at radius 2 is 1.08 bits per heavy atom. The van der Waals surface area contributed by atoms with Crippen molar-refractivity contribution < 1.29 is 28.5 Å². The van der Waals surface area contributed by atoms with Gasteiger partial charge in [-0.05, 0) is 35.4 Å². The molecule has 4 amide bonds. The molecule has 1 fully saturated rings. The van der Waals surface area contributed by atoms with Gasteiger partial charge < -0.3 is 18.9 Å². The van der Waals surface area contributed by atoms with Crippen molar-refractivity contribution in [3.8, 4) is 23.0 Å². The standard InChI is InChI=1S/C18H14N2O6/c21-17-19(7-11-1-3-13-15(5-11)25-9-23-13)18(22)20(17)8-12-2-4-14-16(6-12)26-10-24-14/h1-6H,7-10H2. The van der Waals surface area contributed by atoms with Gasteiger partial charge in [-0.1, -0.05) is 12.1 Å². The van der Waals surface area contributed by atoms with Gasteiger partial charge in [0.1, 0.15) is 0 Å². The van der Waals surface area contributed by atoms with Crippen molar-refractivity contribution in [2.75, 3.05) is 13.6 Å². The molecule has 0 unspecified atom stereocenters. The van der Waals surface area contributed by atoms with Crippen molar-refractivity contribution in [2.45, 2.75) is 13.1 Å². The first-order valence-electron chi connectivity index (χ1n) is 8.09. The highest BCUT2D eigenvalue weighted by Crippen LogP contribution is 2.35. The Kier molecular flexibility index (Phi) is 3.18. The van der Waals surface area contributed by atoms with E-state index in [0.717, 1.165) is 11.1 Å². The van der Waals surface area contributed by atoms with Crippen LogP contribution in [0.25, 0.3) is 0 Å². The molecular weight excluding hydrogens is 340 g/mol. The zero-order valence-corrected chi connectivity index (χ0v) is 13.6. The van der Waals surface area contributed by atoms with Crippen molar-refractivity contribution in [2.24, 2.45) is 0 Å². The Morgan fingerprint density at radius 3 is 1.54 bits per heavy atom. The molecule has 1 saturated heterocycles. The van der Waals surface area contributed by atoms with Crippen molar-refractivity contribution in [1.29, 1.82) is 0 Å². The fraction of sp³-hybridized carbons (Fsp3) is 0.222. The molecule has 3 heterocycles. The van der Waals surface area contributed by atoms with Crippen LogP contribution in [-0.2, 0) is 13.1 Å². The molecule has 0 aromatic heterocycles. The van der Waals surface area contributed by atoms with E-state index in [9.17, 15) is 9.59 Å². The monoisotopic (exact) mass is 354 g/mol. The lowest BCUT2D eigenvalue weighted by Crippen LogP contribution is -2.62. The zero-order chi connectivity index (χ0) is 17.7. The molecule has 8 nitrogen and oxygen atoms in total. The minimum atomic E-state index is -0.328. The summed E-state index contributed by atoms with van der Waals surface area (Å²) in [6, 6.07) is 10.1. The molecule has 0 atom stereocenters. The normalized spacial score (nSPS) is 16.9. The highest BCUT2D eigenvalue weighted by Gasteiger charge is 2.43. The van der Waals surface area contributed by atoms with E-state index in [-0.39, 0.29) is 38.7 Å². The minimum Gasteiger partial charge on any atom is -0.454 e. The van der Waals surface area contributed by atoms with Crippen LogP contribution in [0.1, 0.15) is 11.1 Å². The van der Waals surface area contributed by atoms with Crippen LogP contribution in [0.5, 0.6) is 23.0 Å². The van der Waals surface area contributed by atoms with Gasteiger partial charge in [0.25, 0.3) is 0 Å². The molecular formula is C18H14N2O6.